The number of likely N-dealkylation sites (N-methyl/N-ethyl adjacent to an activating group) is 1. The van der Waals surface area contributed by atoms with Crippen LogP contribution in [0.25, 0.3) is 0 Å². The van der Waals surface area contributed by atoms with E-state index in [-0.39, 0.29) is 5.96 Å². The van der Waals surface area contributed by atoms with Crippen molar-refractivity contribution in [2.75, 3.05) is 20.1 Å². The van der Waals surface area contributed by atoms with E-state index in [0.29, 0.717) is 6.04 Å². The van der Waals surface area contributed by atoms with E-state index in [4.69, 9.17) is 11.1 Å². The van der Waals surface area contributed by atoms with Gasteiger partial charge in [-0.25, -0.2) is 0 Å². The van der Waals surface area contributed by atoms with Crippen LogP contribution in [0.3, 0.4) is 0 Å². The summed E-state index contributed by atoms with van der Waals surface area (Å²) in [5.41, 5.74) is 5.10. The molecule has 4 heteroatoms. The number of likely N-dealkylation sites (tertiary alicyclic amines) is 1. The maximum absolute atomic E-state index is 6.88. The van der Waals surface area contributed by atoms with Crippen molar-refractivity contribution in [1.29, 1.82) is 5.41 Å². The molecule has 0 bridgehead atoms. The van der Waals surface area contributed by atoms with Crippen LogP contribution in [0, 0.1) is 5.41 Å². The molecule has 52 valence electrons. The first kappa shape index (κ1) is 6.35. The van der Waals surface area contributed by atoms with Crippen LogP contribution < -0.4 is 11.1 Å². The highest BCUT2D eigenvalue weighted by molar-refractivity contribution is 5.74. The second kappa shape index (κ2) is 2.23. The fourth-order valence-electron chi connectivity index (χ4n) is 1.01. The highest BCUT2D eigenvalue weighted by Gasteiger charge is 2.22. The average molecular weight is 128 g/mol. The number of hydrogen-bond donors (Lipinski definition) is 3. The van der Waals surface area contributed by atoms with Gasteiger partial charge in [-0.2, -0.15) is 0 Å². The van der Waals surface area contributed by atoms with Gasteiger partial charge in [0.15, 0.2) is 5.96 Å². The van der Waals surface area contributed by atoms with Gasteiger partial charge in [0.25, 0.3) is 0 Å². The normalized spacial score (nSPS) is 21.0. The Hall–Kier alpha value is -0.770. The third-order valence-corrected chi connectivity index (χ3v) is 1.42. The van der Waals surface area contributed by atoms with Crippen LogP contribution in [0.2, 0.25) is 0 Å². The molecule has 1 aliphatic heterocycles. The van der Waals surface area contributed by atoms with Gasteiger partial charge < -0.3 is 16.0 Å². The van der Waals surface area contributed by atoms with E-state index < -0.39 is 0 Å². The van der Waals surface area contributed by atoms with Gasteiger partial charge in [0.1, 0.15) is 0 Å². The fourth-order valence-corrected chi connectivity index (χ4v) is 1.01. The minimum Gasteiger partial charge on any atom is -0.370 e. The first-order chi connectivity index (χ1) is 4.18. The molecule has 1 fully saturated rings. The van der Waals surface area contributed by atoms with Crippen molar-refractivity contribution < 1.29 is 0 Å². The molecule has 0 amide bonds. The predicted octanol–water partition coefficient (Wildman–Crippen LogP) is -1.22. The van der Waals surface area contributed by atoms with Crippen LogP contribution in [0.4, 0.5) is 0 Å². The molecule has 1 heterocycles. The zero-order valence-corrected chi connectivity index (χ0v) is 5.52. The first-order valence-electron chi connectivity index (χ1n) is 2.97. The molecule has 1 saturated heterocycles. The minimum atomic E-state index is 0.0769. The molecule has 0 spiro atoms. The molecule has 0 saturated carbocycles. The Kier molecular flexibility index (Phi) is 1.57. The summed E-state index contributed by atoms with van der Waals surface area (Å²) >= 11 is 0. The standard InChI is InChI=1S/C5H12N4/c1-9-2-4(3-9)8-5(6)7/h4H,2-3H2,1H3,(H4,6,7,8). The average Bonchev–Trinajstić information content (AvgIpc) is 1.60. The SMILES string of the molecule is CN1CC(NC(=N)N)C1. The van der Waals surface area contributed by atoms with Crippen molar-refractivity contribution >= 4 is 5.96 Å². The zero-order chi connectivity index (χ0) is 6.85. The molecule has 1 rings (SSSR count). The van der Waals surface area contributed by atoms with E-state index in [1.54, 1.807) is 0 Å². The van der Waals surface area contributed by atoms with E-state index in [1.165, 1.54) is 0 Å². The Bertz CT molecular complexity index is 116. The highest BCUT2D eigenvalue weighted by Crippen LogP contribution is 2.01. The number of nitrogens with two attached hydrogens (primary N) is 1. The molecule has 0 atom stereocenters. The zero-order valence-electron chi connectivity index (χ0n) is 5.52. The molecular weight excluding hydrogens is 116 g/mol. The van der Waals surface area contributed by atoms with E-state index in [0.717, 1.165) is 13.1 Å². The van der Waals surface area contributed by atoms with Gasteiger partial charge in [0.05, 0.1) is 6.04 Å². The summed E-state index contributed by atoms with van der Waals surface area (Å²) in [7, 11) is 2.04. The molecule has 4 nitrogen and oxygen atoms in total. The van der Waals surface area contributed by atoms with Gasteiger partial charge in [0, 0.05) is 13.1 Å². The molecule has 1 aliphatic rings. The van der Waals surface area contributed by atoms with Crippen molar-refractivity contribution in [2.24, 2.45) is 5.73 Å². The Morgan fingerprint density at radius 3 is 2.67 bits per heavy atom. The Balaban J connectivity index is 2.11. The largest absolute Gasteiger partial charge is 0.370 e. The lowest BCUT2D eigenvalue weighted by Gasteiger charge is -2.36. The van der Waals surface area contributed by atoms with Gasteiger partial charge in [-0.05, 0) is 7.05 Å². The second-order valence-corrected chi connectivity index (χ2v) is 2.48. The monoisotopic (exact) mass is 128 g/mol. The van der Waals surface area contributed by atoms with Crippen LogP contribution in [-0.4, -0.2) is 37.0 Å². The second-order valence-electron chi connectivity index (χ2n) is 2.48. The topological polar surface area (TPSA) is 65.1 Å². The van der Waals surface area contributed by atoms with Crippen LogP contribution in [0.15, 0.2) is 0 Å². The lowest BCUT2D eigenvalue weighted by atomic mass is 10.1. The van der Waals surface area contributed by atoms with Crippen molar-refractivity contribution in [1.82, 2.24) is 10.2 Å². The number of hydrogen-bond acceptors (Lipinski definition) is 2. The van der Waals surface area contributed by atoms with E-state index in [1.807, 2.05) is 7.05 Å². The molecule has 0 aromatic heterocycles. The third-order valence-electron chi connectivity index (χ3n) is 1.42. The van der Waals surface area contributed by atoms with E-state index >= 15 is 0 Å². The smallest absolute Gasteiger partial charge is 0.186 e. The Morgan fingerprint density at radius 1 is 1.78 bits per heavy atom. The summed E-state index contributed by atoms with van der Waals surface area (Å²) in [6, 6.07) is 0.410. The summed E-state index contributed by atoms with van der Waals surface area (Å²) in [4.78, 5) is 2.17. The highest BCUT2D eigenvalue weighted by atomic mass is 15.2. The number of nitrogens with zero attached hydrogens (tertiary/aromatic N) is 1. The van der Waals surface area contributed by atoms with Crippen molar-refractivity contribution in [3.05, 3.63) is 0 Å². The molecule has 4 N–H and O–H groups in total. The quantitative estimate of drug-likeness (QED) is 0.306. The fraction of sp³-hybridized carbons (Fsp3) is 0.800. The Morgan fingerprint density at radius 2 is 2.33 bits per heavy atom. The van der Waals surface area contributed by atoms with E-state index in [9.17, 15) is 0 Å². The maximum Gasteiger partial charge on any atom is 0.186 e. The summed E-state index contributed by atoms with van der Waals surface area (Å²) in [5.74, 6) is 0.0769. The van der Waals surface area contributed by atoms with Gasteiger partial charge in [-0.3, -0.25) is 5.41 Å². The summed E-state index contributed by atoms with van der Waals surface area (Å²) in [5, 5.41) is 9.70. The third kappa shape index (κ3) is 1.57. The number of rotatable bonds is 1. The number of guanidine groups is 1. The summed E-state index contributed by atoms with van der Waals surface area (Å²) in [6.07, 6.45) is 0. The molecule has 0 unspecified atom stereocenters. The van der Waals surface area contributed by atoms with Gasteiger partial charge >= 0.3 is 0 Å². The maximum atomic E-state index is 6.88. The van der Waals surface area contributed by atoms with E-state index in [2.05, 4.69) is 10.2 Å². The van der Waals surface area contributed by atoms with Crippen LogP contribution in [0.5, 0.6) is 0 Å². The van der Waals surface area contributed by atoms with Crippen LogP contribution in [0.1, 0.15) is 0 Å². The van der Waals surface area contributed by atoms with Gasteiger partial charge in [-0.1, -0.05) is 0 Å². The molecule has 9 heavy (non-hydrogen) atoms. The molecular formula is C5H12N4. The Labute approximate surface area is 54.5 Å². The number of nitrogens with one attached hydrogen (secondary N) is 2. The van der Waals surface area contributed by atoms with Gasteiger partial charge in [0.2, 0.25) is 0 Å². The summed E-state index contributed by atoms with van der Waals surface area (Å²) in [6.45, 7) is 2.00. The lowest BCUT2D eigenvalue weighted by Crippen LogP contribution is -2.58. The minimum absolute atomic E-state index is 0.0769. The van der Waals surface area contributed by atoms with Crippen LogP contribution >= 0.6 is 0 Å². The van der Waals surface area contributed by atoms with Crippen molar-refractivity contribution in [3.63, 3.8) is 0 Å². The molecule has 0 radical (unpaired) electrons. The lowest BCUT2D eigenvalue weighted by molar-refractivity contribution is 0.177. The molecule has 0 aromatic carbocycles. The van der Waals surface area contributed by atoms with Crippen molar-refractivity contribution in [2.45, 2.75) is 6.04 Å². The van der Waals surface area contributed by atoms with Gasteiger partial charge in [-0.15, -0.1) is 0 Å². The molecule has 0 aliphatic carbocycles. The van der Waals surface area contributed by atoms with Crippen molar-refractivity contribution in [3.8, 4) is 0 Å². The predicted molar refractivity (Wildman–Crippen MR) is 36.3 cm³/mol. The molecule has 0 aromatic rings. The van der Waals surface area contributed by atoms with Crippen LogP contribution in [-0.2, 0) is 0 Å². The first-order valence-corrected chi connectivity index (χ1v) is 2.97. The summed E-state index contributed by atoms with van der Waals surface area (Å²) < 4.78 is 0.